The molecule has 0 bridgehead atoms. The first-order valence-electron chi connectivity index (χ1n) is 31.8. The largest absolute Gasteiger partial charge is 0.476 e. The maximum atomic E-state index is 6.97. The summed E-state index contributed by atoms with van der Waals surface area (Å²) in [5.41, 5.74) is 0. The molecule has 0 N–H and O–H groups in total. The summed E-state index contributed by atoms with van der Waals surface area (Å²) in [7, 11) is 0. The van der Waals surface area contributed by atoms with E-state index >= 15 is 0 Å². The molecule has 0 radical (unpaired) electrons. The quantitative estimate of drug-likeness (QED) is 0.0529. The van der Waals surface area contributed by atoms with Crippen molar-refractivity contribution in [3.63, 3.8) is 0 Å². The molecule has 0 aliphatic rings. The van der Waals surface area contributed by atoms with Crippen LogP contribution in [-0.4, -0.2) is 23.2 Å². The van der Waals surface area contributed by atoms with E-state index in [1.54, 1.807) is 22.7 Å². The van der Waals surface area contributed by atoms with Gasteiger partial charge in [0.2, 0.25) is 11.8 Å². The predicted molar refractivity (Wildman–Crippen MR) is 336 cm³/mol. The van der Waals surface area contributed by atoms with E-state index in [4.69, 9.17) is 19.4 Å². The van der Waals surface area contributed by atoms with E-state index in [-0.39, 0.29) is 0 Å². The van der Waals surface area contributed by atoms with Crippen molar-refractivity contribution in [3.8, 4) is 11.8 Å². The Bertz CT molecular complexity index is 1670. The van der Waals surface area contributed by atoms with Gasteiger partial charge in [-0.25, -0.2) is 9.97 Å². The van der Waals surface area contributed by atoms with Crippen molar-refractivity contribution in [2.45, 2.75) is 310 Å². The van der Waals surface area contributed by atoms with Crippen LogP contribution in [0.4, 0.5) is 0 Å². The van der Waals surface area contributed by atoms with Crippen molar-refractivity contribution < 1.29 is 9.47 Å². The summed E-state index contributed by atoms with van der Waals surface area (Å²) >= 11 is 10.9. The molecule has 8 heteroatoms. The van der Waals surface area contributed by atoms with Crippen molar-refractivity contribution in [2.24, 2.45) is 11.8 Å². The Kier molecular flexibility index (Phi) is 43.3. The lowest BCUT2D eigenvalue weighted by Crippen LogP contribution is -2.28. The third-order valence-corrected chi connectivity index (χ3v) is 18.5. The van der Waals surface area contributed by atoms with E-state index in [9.17, 15) is 0 Å². The van der Waals surface area contributed by atoms with Crippen LogP contribution in [0.2, 0.25) is 0 Å². The van der Waals surface area contributed by atoms with Gasteiger partial charge >= 0.3 is 0 Å². The van der Waals surface area contributed by atoms with E-state index in [2.05, 4.69) is 96.0 Å². The molecular weight excluding hydrogens is 1080 g/mol. The average Bonchev–Trinajstić information content (AvgIpc) is 4.02. The Hall–Kier alpha value is -1.22. The Balaban J connectivity index is 1.80. The van der Waals surface area contributed by atoms with Gasteiger partial charge in [0.15, 0.2) is 0 Å². The standard InChI is InChI=1S/C66H112Br2N2O2S2/c1-5-9-13-17-21-25-29-33-37-41-45-57(46-42-38-34-30-26-22-18-14-10-6-2)55-71-65-61(53-59-49-51-63(67)73-59)70-66(62(69-65)54-60-50-52-64(68)74-60)72-56-58(47-43-39-35-31-27-23-19-15-11-7-3)48-44-40-36-32-28-24-20-16-12-8-4/h49-54,57-58H,5-48,55-56H2,1-4H3/b61-53-,62-54-. The van der Waals surface area contributed by atoms with Crippen molar-refractivity contribution in [2.75, 3.05) is 13.2 Å². The molecule has 0 spiro atoms. The number of unbranched alkanes of at least 4 members (excludes halogenated alkanes) is 36. The average molecular weight is 1190 g/mol. The molecule has 0 unspecified atom stereocenters. The normalized spacial score (nSPS) is 12.4. The molecule has 0 fully saturated rings. The summed E-state index contributed by atoms with van der Waals surface area (Å²) in [5.74, 6) is 2.29. The SMILES string of the molecule is CCCCCCCCCCCCC(CCCCCCCCCCCC)COc1n/c(=C\c2ccc(Br)s2)c(OCC(CCCCCCCCCCCC)CCCCCCCCCCCC)n/c1=C\c1ccc(Br)s1. The van der Waals surface area contributed by atoms with E-state index in [0.29, 0.717) is 36.8 Å². The van der Waals surface area contributed by atoms with Gasteiger partial charge < -0.3 is 9.47 Å². The van der Waals surface area contributed by atoms with Gasteiger partial charge in [-0.3, -0.25) is 0 Å². The Labute approximate surface area is 482 Å². The molecule has 4 nitrogen and oxygen atoms in total. The molecule has 3 rings (SSSR count). The molecule has 0 atom stereocenters. The molecule has 3 aromatic rings. The van der Waals surface area contributed by atoms with E-state index in [1.165, 1.54) is 283 Å². The number of rotatable bonds is 52. The number of nitrogens with zero attached hydrogens (tertiary/aromatic N) is 2. The minimum atomic E-state index is 0.512. The maximum absolute atomic E-state index is 6.97. The van der Waals surface area contributed by atoms with E-state index < -0.39 is 0 Å². The summed E-state index contributed by atoms with van der Waals surface area (Å²) in [4.78, 5) is 13.0. The zero-order valence-corrected chi connectivity index (χ0v) is 53.2. The maximum Gasteiger partial charge on any atom is 0.240 e. The van der Waals surface area contributed by atoms with E-state index in [1.807, 2.05) is 0 Å². The van der Waals surface area contributed by atoms with Gasteiger partial charge in [-0.05, 0) is 106 Å². The summed E-state index contributed by atoms with van der Waals surface area (Å²) in [6, 6.07) is 8.58. The third kappa shape index (κ3) is 35.3. The van der Waals surface area contributed by atoms with Gasteiger partial charge in [0, 0.05) is 9.75 Å². The monoisotopic (exact) mass is 1190 g/mol. The lowest BCUT2D eigenvalue weighted by atomic mass is 9.94. The number of ether oxygens (including phenoxy) is 2. The van der Waals surface area contributed by atoms with Crippen LogP contribution in [0, 0.1) is 11.8 Å². The highest BCUT2D eigenvalue weighted by molar-refractivity contribution is 9.11. The fraction of sp³-hybridized carbons (Fsp3) is 0.788. The van der Waals surface area contributed by atoms with Crippen LogP contribution < -0.4 is 20.2 Å². The molecule has 0 aromatic carbocycles. The molecule has 3 heterocycles. The zero-order chi connectivity index (χ0) is 52.8. The summed E-state index contributed by atoms with van der Waals surface area (Å²) in [5, 5.41) is 1.55. The molecule has 0 amide bonds. The van der Waals surface area contributed by atoms with Gasteiger partial charge in [-0.15, -0.1) is 22.7 Å². The minimum absolute atomic E-state index is 0.512. The summed E-state index contributed by atoms with van der Waals surface area (Å²) in [6.07, 6.45) is 64.0. The minimum Gasteiger partial charge on any atom is -0.476 e. The van der Waals surface area contributed by atoms with Crippen LogP contribution in [0.1, 0.15) is 320 Å². The number of hydrogen-bond acceptors (Lipinski definition) is 6. The molecule has 74 heavy (non-hydrogen) atoms. The van der Waals surface area contributed by atoms with Crippen molar-refractivity contribution in [3.05, 3.63) is 52.3 Å². The van der Waals surface area contributed by atoms with Gasteiger partial charge in [-0.2, -0.15) is 0 Å². The Morgan fingerprint density at radius 1 is 0.351 bits per heavy atom. The van der Waals surface area contributed by atoms with Crippen molar-refractivity contribution in [1.29, 1.82) is 0 Å². The first-order chi connectivity index (χ1) is 36.4. The molecular formula is C66H112Br2N2O2S2. The first-order valence-corrected chi connectivity index (χ1v) is 35.0. The number of aromatic nitrogens is 2. The van der Waals surface area contributed by atoms with Crippen LogP contribution in [0.3, 0.4) is 0 Å². The summed E-state index contributed by atoms with van der Waals surface area (Å²) in [6.45, 7) is 10.6. The topological polar surface area (TPSA) is 44.2 Å². The lowest BCUT2D eigenvalue weighted by Gasteiger charge is -2.19. The highest BCUT2D eigenvalue weighted by atomic mass is 79.9. The van der Waals surface area contributed by atoms with Crippen LogP contribution in [0.15, 0.2) is 31.8 Å². The van der Waals surface area contributed by atoms with Crippen molar-refractivity contribution >= 4 is 66.7 Å². The predicted octanol–water partition coefficient (Wildman–Crippen LogP) is 23.0. The number of thiophene rings is 2. The second-order valence-corrected chi connectivity index (χ2v) is 27.4. The fourth-order valence-electron chi connectivity index (χ4n) is 10.6. The third-order valence-electron chi connectivity index (χ3n) is 15.4. The number of halogens is 2. The summed E-state index contributed by atoms with van der Waals surface area (Å²) < 4.78 is 16.2. The molecule has 0 aliphatic heterocycles. The zero-order valence-electron chi connectivity index (χ0n) is 48.4. The van der Waals surface area contributed by atoms with Gasteiger partial charge in [0.1, 0.15) is 10.7 Å². The van der Waals surface area contributed by atoms with Crippen molar-refractivity contribution in [1.82, 2.24) is 9.97 Å². The van der Waals surface area contributed by atoms with Crippen LogP contribution in [0.25, 0.3) is 12.2 Å². The Morgan fingerprint density at radius 3 is 0.797 bits per heavy atom. The molecule has 0 aliphatic carbocycles. The second kappa shape index (κ2) is 47.8. The van der Waals surface area contributed by atoms with Crippen LogP contribution in [-0.2, 0) is 0 Å². The Morgan fingerprint density at radius 2 is 0.581 bits per heavy atom. The van der Waals surface area contributed by atoms with Gasteiger partial charge in [-0.1, -0.05) is 285 Å². The molecule has 424 valence electrons. The van der Waals surface area contributed by atoms with Crippen LogP contribution >= 0.6 is 54.5 Å². The highest BCUT2D eigenvalue weighted by Gasteiger charge is 2.17. The fourth-order valence-corrected chi connectivity index (χ4v) is 13.3. The van der Waals surface area contributed by atoms with E-state index in [0.717, 1.165) is 28.0 Å². The first kappa shape index (κ1) is 67.1. The number of hydrogen-bond donors (Lipinski definition) is 0. The second-order valence-electron chi connectivity index (χ2n) is 22.4. The lowest BCUT2D eigenvalue weighted by molar-refractivity contribution is 0.203. The molecule has 0 saturated carbocycles. The van der Waals surface area contributed by atoms with Gasteiger partial charge in [0.05, 0.1) is 20.8 Å². The molecule has 0 saturated heterocycles. The highest BCUT2D eigenvalue weighted by Crippen LogP contribution is 2.27. The smallest absolute Gasteiger partial charge is 0.240 e. The molecule has 3 aromatic heterocycles. The van der Waals surface area contributed by atoms with Crippen LogP contribution in [0.5, 0.6) is 11.8 Å². The van der Waals surface area contributed by atoms with Gasteiger partial charge in [0.25, 0.3) is 0 Å².